The Hall–Kier alpha value is -3.26. The van der Waals surface area contributed by atoms with Crippen molar-refractivity contribution in [2.75, 3.05) is 31.1 Å². The van der Waals surface area contributed by atoms with Crippen molar-refractivity contribution in [3.63, 3.8) is 0 Å². The summed E-state index contributed by atoms with van der Waals surface area (Å²) in [5, 5.41) is 0.701. The number of hydrogen-bond acceptors (Lipinski definition) is 6. The molecule has 5 rings (SSSR count). The number of hydrogen-bond donors (Lipinski definition) is 0. The lowest BCUT2D eigenvalue weighted by Crippen LogP contribution is -2.51. The number of imidazole rings is 1. The smallest absolute Gasteiger partial charge is 0.347 e. The van der Waals surface area contributed by atoms with Gasteiger partial charge in [-0.1, -0.05) is 6.92 Å². The highest BCUT2D eigenvalue weighted by Crippen LogP contribution is 2.24. The third kappa shape index (κ3) is 3.46. The summed E-state index contributed by atoms with van der Waals surface area (Å²) in [4.78, 5) is 26.3. The first-order valence-electron chi connectivity index (χ1n) is 10.5. The molecule has 0 bridgehead atoms. The monoisotopic (exact) mass is 421 g/mol. The van der Waals surface area contributed by atoms with Crippen LogP contribution in [-0.4, -0.2) is 51.5 Å². The van der Waals surface area contributed by atoms with Gasteiger partial charge in [0, 0.05) is 43.5 Å². The van der Waals surface area contributed by atoms with E-state index in [1.165, 1.54) is 6.07 Å². The van der Waals surface area contributed by atoms with Gasteiger partial charge in [-0.15, -0.1) is 0 Å². The highest BCUT2D eigenvalue weighted by molar-refractivity contribution is 5.80. The van der Waals surface area contributed by atoms with E-state index in [9.17, 15) is 9.18 Å². The number of anilines is 1. The predicted octanol–water partition coefficient (Wildman–Crippen LogP) is 3.48. The van der Waals surface area contributed by atoms with E-state index in [1.54, 1.807) is 29.8 Å². The Morgan fingerprint density at radius 3 is 2.81 bits per heavy atom. The lowest BCUT2D eigenvalue weighted by Gasteiger charge is -2.39. The van der Waals surface area contributed by atoms with Crippen molar-refractivity contribution in [1.29, 1.82) is 0 Å². The minimum absolute atomic E-state index is 0.175. The van der Waals surface area contributed by atoms with Crippen molar-refractivity contribution in [1.82, 2.24) is 19.3 Å². The molecule has 0 amide bonds. The van der Waals surface area contributed by atoms with E-state index in [4.69, 9.17) is 4.42 Å². The van der Waals surface area contributed by atoms with Crippen LogP contribution in [0, 0.1) is 12.7 Å². The summed E-state index contributed by atoms with van der Waals surface area (Å²) in [7, 11) is 0. The fourth-order valence-corrected chi connectivity index (χ4v) is 4.34. The second kappa shape index (κ2) is 7.46. The quantitative estimate of drug-likeness (QED) is 0.505. The molecule has 7 nitrogen and oxygen atoms in total. The summed E-state index contributed by atoms with van der Waals surface area (Å²) in [5.41, 5.74) is 1.35. The summed E-state index contributed by atoms with van der Waals surface area (Å²) in [6.07, 6.45) is 3.41. The van der Waals surface area contributed by atoms with Crippen LogP contribution in [0.15, 0.2) is 45.9 Å². The van der Waals surface area contributed by atoms with E-state index >= 15 is 0 Å². The van der Waals surface area contributed by atoms with Crippen LogP contribution < -0.4 is 10.5 Å². The van der Waals surface area contributed by atoms with Gasteiger partial charge in [0.15, 0.2) is 11.5 Å². The number of aromatic nitrogens is 3. The van der Waals surface area contributed by atoms with Crippen LogP contribution in [0.4, 0.5) is 10.2 Å². The summed E-state index contributed by atoms with van der Waals surface area (Å²) in [6.45, 7) is 9.95. The second-order valence-corrected chi connectivity index (χ2v) is 8.16. The first kappa shape index (κ1) is 19.7. The zero-order chi connectivity index (χ0) is 21.7. The Balaban J connectivity index is 1.51. The summed E-state index contributed by atoms with van der Waals surface area (Å²) >= 11 is 0. The van der Waals surface area contributed by atoms with Crippen LogP contribution in [-0.2, 0) is 0 Å². The largest absolute Gasteiger partial charge is 0.403 e. The van der Waals surface area contributed by atoms with Crippen LogP contribution in [0.3, 0.4) is 0 Å². The Morgan fingerprint density at radius 1 is 1.19 bits per heavy atom. The molecule has 0 aliphatic carbocycles. The lowest BCUT2D eigenvalue weighted by molar-refractivity contribution is 0.199. The molecule has 1 fully saturated rings. The van der Waals surface area contributed by atoms with Crippen molar-refractivity contribution in [2.45, 2.75) is 26.8 Å². The van der Waals surface area contributed by atoms with E-state index < -0.39 is 11.4 Å². The normalized spacial score (nSPS) is 17.7. The molecule has 160 valence electrons. The standard InChI is InChI=1S/C23H24FN5O2/c1-4-27-7-8-28(12-15(27)3)20-6-5-16-10-17(23(30)31-22(16)26-20)19-13-29-11-14(2)9-18(24)21(29)25-19/h5-6,9-11,13,15H,4,7-8,12H2,1-3H3. The van der Waals surface area contributed by atoms with Gasteiger partial charge in [0.1, 0.15) is 5.82 Å². The predicted molar refractivity (Wildman–Crippen MR) is 118 cm³/mol. The highest BCUT2D eigenvalue weighted by Gasteiger charge is 2.23. The molecule has 8 heteroatoms. The van der Waals surface area contributed by atoms with Gasteiger partial charge in [0.05, 0.1) is 11.3 Å². The molecule has 1 aliphatic heterocycles. The molecule has 5 heterocycles. The molecule has 0 saturated carbocycles. The van der Waals surface area contributed by atoms with Crippen LogP contribution in [0.25, 0.3) is 28.0 Å². The van der Waals surface area contributed by atoms with E-state index in [1.807, 2.05) is 12.1 Å². The van der Waals surface area contributed by atoms with Gasteiger partial charge in [0.2, 0.25) is 5.71 Å². The van der Waals surface area contributed by atoms with Crippen molar-refractivity contribution in [3.8, 4) is 11.3 Å². The second-order valence-electron chi connectivity index (χ2n) is 8.16. The van der Waals surface area contributed by atoms with Gasteiger partial charge in [-0.25, -0.2) is 14.2 Å². The SMILES string of the molecule is CCN1CCN(c2ccc3cc(-c4cn5cc(C)cc(F)c5n4)c(=O)oc3n2)CC1C. The molecule has 31 heavy (non-hydrogen) atoms. The first-order valence-corrected chi connectivity index (χ1v) is 10.5. The molecule has 0 N–H and O–H groups in total. The Morgan fingerprint density at radius 2 is 2.03 bits per heavy atom. The van der Waals surface area contributed by atoms with Crippen molar-refractivity contribution < 1.29 is 8.81 Å². The number of nitrogens with zero attached hydrogens (tertiary/aromatic N) is 5. The molecular formula is C23H24FN5O2. The minimum Gasteiger partial charge on any atom is -0.403 e. The average Bonchev–Trinajstić information content (AvgIpc) is 3.17. The van der Waals surface area contributed by atoms with E-state index in [0.717, 1.165) is 37.6 Å². The fourth-order valence-electron chi connectivity index (χ4n) is 4.34. The molecular weight excluding hydrogens is 397 g/mol. The molecule has 0 radical (unpaired) electrons. The molecule has 1 unspecified atom stereocenters. The van der Waals surface area contributed by atoms with Crippen LogP contribution >= 0.6 is 0 Å². The summed E-state index contributed by atoms with van der Waals surface area (Å²) in [5.74, 6) is 0.372. The van der Waals surface area contributed by atoms with Gasteiger partial charge >= 0.3 is 5.63 Å². The van der Waals surface area contributed by atoms with Gasteiger partial charge in [-0.3, -0.25) is 4.90 Å². The average molecular weight is 421 g/mol. The summed E-state index contributed by atoms with van der Waals surface area (Å²) < 4.78 is 21.4. The number of likely N-dealkylation sites (N-methyl/N-ethyl adjacent to an activating group) is 1. The molecule has 1 atom stereocenters. The number of fused-ring (bicyclic) bond motifs is 2. The van der Waals surface area contributed by atoms with Crippen molar-refractivity contribution in [3.05, 3.63) is 58.5 Å². The molecule has 4 aromatic heterocycles. The molecule has 4 aromatic rings. The Labute approximate surface area is 178 Å². The topological polar surface area (TPSA) is 66.9 Å². The van der Waals surface area contributed by atoms with Crippen molar-refractivity contribution in [2.24, 2.45) is 0 Å². The number of pyridine rings is 2. The molecule has 1 saturated heterocycles. The lowest BCUT2D eigenvalue weighted by atomic mass is 10.1. The third-order valence-corrected chi connectivity index (χ3v) is 6.00. The van der Waals surface area contributed by atoms with E-state index in [-0.39, 0.29) is 11.2 Å². The van der Waals surface area contributed by atoms with Gasteiger partial charge in [-0.2, -0.15) is 4.98 Å². The fraction of sp³-hybridized carbons (Fsp3) is 0.348. The number of rotatable bonds is 3. The third-order valence-electron chi connectivity index (χ3n) is 6.00. The maximum Gasteiger partial charge on any atom is 0.347 e. The number of piperazine rings is 1. The van der Waals surface area contributed by atoms with E-state index in [2.05, 4.69) is 33.6 Å². The van der Waals surface area contributed by atoms with Crippen LogP contribution in [0.2, 0.25) is 0 Å². The maximum absolute atomic E-state index is 14.2. The first-order chi connectivity index (χ1) is 14.9. The zero-order valence-electron chi connectivity index (χ0n) is 17.8. The molecule has 0 spiro atoms. The van der Waals surface area contributed by atoms with E-state index in [0.29, 0.717) is 22.8 Å². The van der Waals surface area contributed by atoms with Crippen LogP contribution in [0.1, 0.15) is 19.4 Å². The van der Waals surface area contributed by atoms with Crippen molar-refractivity contribution >= 4 is 22.6 Å². The zero-order valence-corrected chi connectivity index (χ0v) is 17.8. The number of aryl methyl sites for hydroxylation is 1. The minimum atomic E-state index is -0.540. The molecule has 1 aliphatic rings. The highest BCUT2D eigenvalue weighted by atomic mass is 19.1. The Kier molecular flexibility index (Phi) is 4.74. The number of halogens is 1. The van der Waals surface area contributed by atoms with Crippen LogP contribution in [0.5, 0.6) is 0 Å². The van der Waals surface area contributed by atoms with Gasteiger partial charge < -0.3 is 13.7 Å². The summed E-state index contributed by atoms with van der Waals surface area (Å²) in [6, 6.07) is 7.42. The molecule has 0 aromatic carbocycles. The maximum atomic E-state index is 14.2. The van der Waals surface area contributed by atoms with Gasteiger partial charge in [-0.05, 0) is 50.2 Å². The van der Waals surface area contributed by atoms with Gasteiger partial charge in [0.25, 0.3) is 0 Å². The Bertz CT molecular complexity index is 1350.